The fourth-order valence-electron chi connectivity index (χ4n) is 6.24. The van der Waals surface area contributed by atoms with Gasteiger partial charge in [0.25, 0.3) is 0 Å². The summed E-state index contributed by atoms with van der Waals surface area (Å²) in [5.74, 6) is -0.0320. The molecule has 9 nitrogen and oxygen atoms in total. The third-order valence-corrected chi connectivity index (χ3v) is 9.41. The second-order valence-corrected chi connectivity index (χ2v) is 12.6. The number of likely N-dealkylation sites (tertiary alicyclic amines) is 1. The molecule has 0 aliphatic carbocycles. The first kappa shape index (κ1) is 31.1. The summed E-state index contributed by atoms with van der Waals surface area (Å²) in [6.07, 6.45) is 1.26. The number of rotatable bonds is 9. The Bertz CT molecular complexity index is 1170. The van der Waals surface area contributed by atoms with Crippen LogP contribution in [0.4, 0.5) is 36.3 Å². The highest BCUT2D eigenvalue weighted by Gasteiger charge is 2.36. The minimum absolute atomic E-state index is 0.145. The van der Waals surface area contributed by atoms with Gasteiger partial charge >= 0.3 is 6.18 Å². The number of nitrogens with one attached hydrogen (secondary N) is 3. The number of piperazine rings is 1. The molecule has 1 atom stereocenters. The average molecular weight is 608 g/mol. The van der Waals surface area contributed by atoms with Crippen LogP contribution in [0.1, 0.15) is 43.7 Å². The molecule has 5 rings (SSSR count). The molecule has 232 valence electrons. The fourth-order valence-corrected chi connectivity index (χ4v) is 6.98. The molecule has 0 bridgehead atoms. The smallest absolute Gasteiger partial charge is 0.369 e. The maximum absolute atomic E-state index is 13.9. The highest BCUT2D eigenvalue weighted by molar-refractivity contribution is 7.95. The molecule has 3 fully saturated rings. The van der Waals surface area contributed by atoms with E-state index >= 15 is 0 Å². The topological polar surface area (TPSA) is 74.8 Å². The number of anilines is 4. The molecular weight excluding hydrogens is 563 g/mol. The molecule has 0 radical (unpaired) electrons. The lowest BCUT2D eigenvalue weighted by atomic mass is 10.0. The van der Waals surface area contributed by atoms with Crippen LogP contribution in [0, 0.1) is 0 Å². The van der Waals surface area contributed by atoms with E-state index in [0.717, 1.165) is 69.4 Å². The van der Waals surface area contributed by atoms with Gasteiger partial charge in [0.15, 0.2) is 0 Å². The van der Waals surface area contributed by atoms with E-state index in [9.17, 15) is 13.2 Å². The van der Waals surface area contributed by atoms with Gasteiger partial charge in [-0.1, -0.05) is 6.92 Å². The minimum Gasteiger partial charge on any atom is -0.369 e. The van der Waals surface area contributed by atoms with E-state index in [1.54, 1.807) is 0 Å². The molecular formula is C29H44F3N9S. The molecule has 3 aliphatic rings. The molecule has 1 aromatic heterocycles. The maximum Gasteiger partial charge on any atom is 0.421 e. The van der Waals surface area contributed by atoms with E-state index in [2.05, 4.69) is 70.4 Å². The Kier molecular flexibility index (Phi) is 10.4. The quantitative estimate of drug-likeness (QED) is 0.350. The summed E-state index contributed by atoms with van der Waals surface area (Å²) in [5.41, 5.74) is 2.22. The molecule has 42 heavy (non-hydrogen) atoms. The predicted molar refractivity (Wildman–Crippen MR) is 165 cm³/mol. The van der Waals surface area contributed by atoms with E-state index in [1.165, 1.54) is 43.8 Å². The van der Waals surface area contributed by atoms with Gasteiger partial charge in [0.1, 0.15) is 11.4 Å². The van der Waals surface area contributed by atoms with E-state index < -0.39 is 11.7 Å². The number of nitrogens with zero attached hydrogens (tertiary/aromatic N) is 6. The van der Waals surface area contributed by atoms with Crippen LogP contribution < -0.4 is 20.3 Å². The van der Waals surface area contributed by atoms with Gasteiger partial charge in [-0.3, -0.25) is 9.62 Å². The zero-order valence-corrected chi connectivity index (χ0v) is 25.7. The molecule has 3 saturated heterocycles. The first-order valence-electron chi connectivity index (χ1n) is 15.1. The third-order valence-electron chi connectivity index (χ3n) is 8.64. The first-order chi connectivity index (χ1) is 20.2. The number of piperidine rings is 2. The van der Waals surface area contributed by atoms with Crippen molar-refractivity contribution in [2.75, 3.05) is 82.0 Å². The zero-order valence-electron chi connectivity index (χ0n) is 24.9. The summed E-state index contributed by atoms with van der Waals surface area (Å²) in [5, 5.41) is 6.28. The predicted octanol–water partition coefficient (Wildman–Crippen LogP) is 4.68. The minimum atomic E-state index is -4.55. The van der Waals surface area contributed by atoms with Crippen molar-refractivity contribution in [3.05, 3.63) is 35.5 Å². The van der Waals surface area contributed by atoms with E-state index in [1.807, 2.05) is 13.1 Å². The molecule has 0 saturated carbocycles. The lowest BCUT2D eigenvalue weighted by molar-refractivity contribution is -0.137. The Labute approximate surface area is 251 Å². The van der Waals surface area contributed by atoms with Gasteiger partial charge in [-0.25, -0.2) is 9.29 Å². The van der Waals surface area contributed by atoms with E-state index in [0.29, 0.717) is 12.6 Å². The average Bonchev–Trinajstić information content (AvgIpc) is 2.98. The second kappa shape index (κ2) is 14.0. The molecule has 0 spiro atoms. The number of aryl methyl sites for hydroxylation is 1. The van der Waals surface area contributed by atoms with Crippen LogP contribution in [0.15, 0.2) is 24.4 Å². The van der Waals surface area contributed by atoms with Crippen LogP contribution in [0.2, 0.25) is 0 Å². The molecule has 4 heterocycles. The third kappa shape index (κ3) is 7.79. The normalized spacial score (nSPS) is 22.0. The van der Waals surface area contributed by atoms with Gasteiger partial charge in [0, 0.05) is 81.1 Å². The standard InChI is InChI=1S/C29H44F3N9S/c1-4-21-18-24(40-16-14-39(15-17-40)23-9-12-38(3)13-10-23)7-8-26(21)36-28-34-19-25(29(30,31)32)27(37-28)35-22-6-5-11-41(20-22)42-33-2/h7-8,18-19,22-23,33H,4-6,9-17,20H2,1-3H3,(H2,34,35,36,37). The van der Waals surface area contributed by atoms with Crippen LogP contribution in [-0.4, -0.2) is 103 Å². The van der Waals surface area contributed by atoms with Crippen molar-refractivity contribution >= 4 is 35.3 Å². The van der Waals surface area contributed by atoms with E-state index in [4.69, 9.17) is 0 Å². The summed E-state index contributed by atoms with van der Waals surface area (Å²) in [7, 11) is 4.04. The molecule has 3 aliphatic heterocycles. The Hall–Kier alpha value is -2.32. The van der Waals surface area contributed by atoms with Crippen LogP contribution >= 0.6 is 12.1 Å². The molecule has 13 heteroatoms. The number of alkyl halides is 3. The number of hydrogen-bond donors (Lipinski definition) is 3. The zero-order chi connectivity index (χ0) is 29.7. The van der Waals surface area contributed by atoms with Gasteiger partial charge in [0.05, 0.1) is 0 Å². The van der Waals surface area contributed by atoms with Crippen LogP contribution in [0.25, 0.3) is 0 Å². The highest BCUT2D eigenvalue weighted by Crippen LogP contribution is 2.35. The molecule has 1 unspecified atom stereocenters. The molecule has 3 N–H and O–H groups in total. The lowest BCUT2D eigenvalue weighted by Gasteiger charge is -2.43. The van der Waals surface area contributed by atoms with Crippen LogP contribution in [0.5, 0.6) is 0 Å². The summed E-state index contributed by atoms with van der Waals surface area (Å²) in [4.78, 5) is 15.9. The van der Waals surface area contributed by atoms with Crippen molar-refractivity contribution in [2.45, 2.75) is 57.3 Å². The number of benzene rings is 1. The second-order valence-electron chi connectivity index (χ2n) is 11.5. The Morgan fingerprint density at radius 3 is 2.48 bits per heavy atom. The Morgan fingerprint density at radius 2 is 1.79 bits per heavy atom. The highest BCUT2D eigenvalue weighted by atomic mass is 32.2. The first-order valence-corrected chi connectivity index (χ1v) is 15.9. The Balaban J connectivity index is 1.26. The largest absolute Gasteiger partial charge is 0.421 e. The van der Waals surface area contributed by atoms with Crippen molar-refractivity contribution in [1.82, 2.24) is 28.8 Å². The number of halogens is 3. The van der Waals surface area contributed by atoms with Gasteiger partial charge in [-0.2, -0.15) is 18.2 Å². The molecule has 2 aromatic rings. The Morgan fingerprint density at radius 1 is 1.02 bits per heavy atom. The van der Waals surface area contributed by atoms with Crippen molar-refractivity contribution in [3.63, 3.8) is 0 Å². The SMILES string of the molecule is CCc1cc(N2CCN(C3CCN(C)CC3)CC2)ccc1Nc1ncc(C(F)(F)F)c(NC2CCCN(SNC)C2)n1. The molecule has 0 amide bonds. The number of aromatic nitrogens is 2. The van der Waals surface area contributed by atoms with Crippen molar-refractivity contribution < 1.29 is 13.2 Å². The van der Waals surface area contributed by atoms with Gasteiger partial charge in [0.2, 0.25) is 5.95 Å². The monoisotopic (exact) mass is 607 g/mol. The maximum atomic E-state index is 13.9. The van der Waals surface area contributed by atoms with Crippen LogP contribution in [0.3, 0.4) is 0 Å². The summed E-state index contributed by atoms with van der Waals surface area (Å²) < 4.78 is 46.8. The van der Waals surface area contributed by atoms with Crippen molar-refractivity contribution in [1.29, 1.82) is 0 Å². The van der Waals surface area contributed by atoms with Gasteiger partial charge < -0.3 is 20.4 Å². The van der Waals surface area contributed by atoms with Crippen molar-refractivity contribution in [3.8, 4) is 0 Å². The summed E-state index contributed by atoms with van der Waals surface area (Å²) in [6.45, 7) is 10.0. The molecule has 1 aromatic carbocycles. The summed E-state index contributed by atoms with van der Waals surface area (Å²) >= 11 is 1.47. The van der Waals surface area contributed by atoms with Crippen LogP contribution in [-0.2, 0) is 12.6 Å². The van der Waals surface area contributed by atoms with Crippen molar-refractivity contribution in [2.24, 2.45) is 0 Å². The fraction of sp³-hybridized carbons (Fsp3) is 0.655. The van der Waals surface area contributed by atoms with Gasteiger partial charge in [-0.15, -0.1) is 0 Å². The summed E-state index contributed by atoms with van der Waals surface area (Å²) in [6, 6.07) is 6.82. The van der Waals surface area contributed by atoms with Gasteiger partial charge in [-0.05, 0) is 83.1 Å². The lowest BCUT2D eigenvalue weighted by Crippen LogP contribution is -2.53. The number of hydrogen-bond acceptors (Lipinski definition) is 10. The van der Waals surface area contributed by atoms with E-state index in [-0.39, 0.29) is 17.8 Å².